The number of hydrogen-bond acceptors (Lipinski definition) is 1. The van der Waals surface area contributed by atoms with E-state index in [0.29, 0.717) is 5.92 Å². The molecule has 1 nitrogen and oxygen atoms in total. The molecule has 0 aromatic heterocycles. The molecule has 0 aromatic rings. The molecule has 88 valence electrons. The topological polar surface area (TPSA) is 17.1 Å². The number of carbonyl (C=O) groups is 1. The highest BCUT2D eigenvalue weighted by molar-refractivity contribution is 6.09. The van der Waals surface area contributed by atoms with Crippen LogP contribution in [0.2, 0.25) is 0 Å². The molecule has 0 radical (unpaired) electrons. The zero-order valence-electron chi connectivity index (χ0n) is 11.2. The molecule has 1 aliphatic carbocycles. The standard InChI is InChI=1S/C15H22O/c1-7-10(2)14(16)13-11(3)8-9-12(4)15(13,5)6/h7-9,12H,1-6H3/b10-7+/t12-/m0/s1. The van der Waals surface area contributed by atoms with Gasteiger partial charge in [-0.05, 0) is 43.3 Å². The van der Waals surface area contributed by atoms with Gasteiger partial charge in [0.25, 0.3) is 0 Å². The molecular weight excluding hydrogens is 196 g/mol. The fourth-order valence-electron chi connectivity index (χ4n) is 2.15. The third kappa shape index (κ3) is 2.04. The lowest BCUT2D eigenvalue weighted by Crippen LogP contribution is -2.31. The van der Waals surface area contributed by atoms with Crippen molar-refractivity contribution in [3.8, 4) is 0 Å². The molecule has 0 N–H and O–H groups in total. The molecule has 0 bridgehead atoms. The Labute approximate surface area is 98.9 Å². The first-order valence-electron chi connectivity index (χ1n) is 5.89. The van der Waals surface area contributed by atoms with Crippen molar-refractivity contribution in [2.75, 3.05) is 0 Å². The van der Waals surface area contributed by atoms with Crippen LogP contribution in [0.1, 0.15) is 41.5 Å². The Hall–Kier alpha value is -1.11. The summed E-state index contributed by atoms with van der Waals surface area (Å²) in [5, 5.41) is 0. The Morgan fingerprint density at radius 3 is 2.50 bits per heavy atom. The van der Waals surface area contributed by atoms with Crippen molar-refractivity contribution in [3.63, 3.8) is 0 Å². The summed E-state index contributed by atoms with van der Waals surface area (Å²) in [7, 11) is 0. The summed E-state index contributed by atoms with van der Waals surface area (Å²) in [6, 6.07) is 0. The van der Waals surface area contributed by atoms with Gasteiger partial charge < -0.3 is 0 Å². The SMILES string of the molecule is C/C=C(\C)C(=O)C1=C(C)C=C[C@H](C)C1(C)C. The number of carbonyl (C=O) groups excluding carboxylic acids is 1. The van der Waals surface area contributed by atoms with Crippen molar-refractivity contribution in [2.24, 2.45) is 11.3 Å². The number of hydrogen-bond donors (Lipinski definition) is 0. The van der Waals surface area contributed by atoms with E-state index < -0.39 is 0 Å². The van der Waals surface area contributed by atoms with Crippen molar-refractivity contribution in [1.29, 1.82) is 0 Å². The summed E-state index contributed by atoms with van der Waals surface area (Å²) in [6.45, 7) is 12.3. The molecule has 0 aliphatic heterocycles. The van der Waals surface area contributed by atoms with Crippen molar-refractivity contribution in [2.45, 2.75) is 41.5 Å². The first kappa shape index (κ1) is 13.0. The van der Waals surface area contributed by atoms with Gasteiger partial charge in [-0.25, -0.2) is 0 Å². The van der Waals surface area contributed by atoms with Crippen LogP contribution in [0.15, 0.2) is 34.9 Å². The van der Waals surface area contributed by atoms with Gasteiger partial charge in [0.15, 0.2) is 5.78 Å². The monoisotopic (exact) mass is 218 g/mol. The highest BCUT2D eigenvalue weighted by Gasteiger charge is 2.36. The van der Waals surface area contributed by atoms with Crippen LogP contribution in [0.3, 0.4) is 0 Å². The van der Waals surface area contributed by atoms with Crippen LogP contribution < -0.4 is 0 Å². The molecule has 0 unspecified atom stereocenters. The van der Waals surface area contributed by atoms with Crippen LogP contribution in [-0.2, 0) is 4.79 Å². The Kier molecular flexibility index (Phi) is 3.57. The van der Waals surface area contributed by atoms with Gasteiger partial charge in [-0.15, -0.1) is 0 Å². The van der Waals surface area contributed by atoms with Gasteiger partial charge in [0.05, 0.1) is 0 Å². The molecule has 1 heteroatoms. The molecule has 0 saturated carbocycles. The van der Waals surface area contributed by atoms with E-state index in [1.807, 2.05) is 26.8 Å². The quantitative estimate of drug-likeness (QED) is 0.638. The van der Waals surface area contributed by atoms with E-state index in [1.54, 1.807) is 0 Å². The van der Waals surface area contributed by atoms with Crippen molar-refractivity contribution in [3.05, 3.63) is 34.9 Å². The molecule has 0 fully saturated rings. The van der Waals surface area contributed by atoms with E-state index in [-0.39, 0.29) is 11.2 Å². The van der Waals surface area contributed by atoms with E-state index in [0.717, 1.165) is 16.7 Å². The molecule has 0 heterocycles. The minimum atomic E-state index is -0.0693. The van der Waals surface area contributed by atoms with Gasteiger partial charge in [0.1, 0.15) is 0 Å². The van der Waals surface area contributed by atoms with Gasteiger partial charge in [0, 0.05) is 5.57 Å². The molecule has 0 spiro atoms. The maximum Gasteiger partial charge on any atom is 0.185 e. The van der Waals surface area contributed by atoms with Gasteiger partial charge in [-0.2, -0.15) is 0 Å². The van der Waals surface area contributed by atoms with Gasteiger partial charge in [-0.3, -0.25) is 4.79 Å². The lowest BCUT2D eigenvalue weighted by molar-refractivity contribution is -0.113. The molecule has 1 atom stereocenters. The van der Waals surface area contributed by atoms with Crippen LogP contribution in [0.25, 0.3) is 0 Å². The highest BCUT2D eigenvalue weighted by atomic mass is 16.1. The third-order valence-electron chi connectivity index (χ3n) is 3.83. The smallest absolute Gasteiger partial charge is 0.185 e. The zero-order valence-corrected chi connectivity index (χ0v) is 11.2. The van der Waals surface area contributed by atoms with Gasteiger partial charge in [0.2, 0.25) is 0 Å². The lowest BCUT2D eigenvalue weighted by atomic mass is 9.67. The van der Waals surface area contributed by atoms with E-state index in [9.17, 15) is 4.79 Å². The second kappa shape index (κ2) is 4.40. The van der Waals surface area contributed by atoms with Crippen LogP contribution in [-0.4, -0.2) is 5.78 Å². The predicted molar refractivity (Wildman–Crippen MR) is 69.2 cm³/mol. The maximum atomic E-state index is 12.3. The first-order valence-corrected chi connectivity index (χ1v) is 5.89. The van der Waals surface area contributed by atoms with E-state index in [1.165, 1.54) is 0 Å². The number of ketones is 1. The van der Waals surface area contributed by atoms with Crippen LogP contribution in [0, 0.1) is 11.3 Å². The van der Waals surface area contributed by atoms with Crippen LogP contribution in [0.4, 0.5) is 0 Å². The number of Topliss-reactive ketones (excluding diaryl/α,β-unsaturated/α-hetero) is 1. The largest absolute Gasteiger partial charge is 0.289 e. The normalized spacial score (nSPS) is 24.9. The molecule has 0 aromatic carbocycles. The zero-order chi connectivity index (χ0) is 12.5. The maximum absolute atomic E-state index is 12.3. The van der Waals surface area contributed by atoms with Gasteiger partial charge in [-0.1, -0.05) is 39.0 Å². The highest BCUT2D eigenvalue weighted by Crippen LogP contribution is 2.42. The Morgan fingerprint density at radius 1 is 1.44 bits per heavy atom. The average Bonchev–Trinajstić information content (AvgIpc) is 2.22. The minimum Gasteiger partial charge on any atom is -0.289 e. The fraction of sp³-hybridized carbons (Fsp3) is 0.533. The average molecular weight is 218 g/mol. The summed E-state index contributed by atoms with van der Waals surface area (Å²) in [6.07, 6.45) is 6.16. The summed E-state index contributed by atoms with van der Waals surface area (Å²) in [5.41, 5.74) is 2.84. The summed E-state index contributed by atoms with van der Waals surface area (Å²) < 4.78 is 0. The Balaban J connectivity index is 3.28. The summed E-state index contributed by atoms with van der Waals surface area (Å²) >= 11 is 0. The lowest BCUT2D eigenvalue weighted by Gasteiger charge is -2.36. The van der Waals surface area contributed by atoms with E-state index in [4.69, 9.17) is 0 Å². The first-order chi connectivity index (χ1) is 7.32. The van der Waals surface area contributed by atoms with Crippen molar-refractivity contribution < 1.29 is 4.79 Å². The number of allylic oxidation sites excluding steroid dienone is 6. The third-order valence-corrected chi connectivity index (χ3v) is 3.83. The molecule has 16 heavy (non-hydrogen) atoms. The van der Waals surface area contributed by atoms with Crippen LogP contribution in [0.5, 0.6) is 0 Å². The van der Waals surface area contributed by atoms with Crippen molar-refractivity contribution >= 4 is 5.78 Å². The van der Waals surface area contributed by atoms with Crippen LogP contribution >= 0.6 is 0 Å². The Morgan fingerprint density at radius 2 is 2.00 bits per heavy atom. The van der Waals surface area contributed by atoms with Gasteiger partial charge >= 0.3 is 0 Å². The Bertz CT molecular complexity index is 392. The second-order valence-corrected chi connectivity index (χ2v) is 5.23. The predicted octanol–water partition coefficient (Wildman–Crippen LogP) is 4.07. The van der Waals surface area contributed by atoms with E-state index in [2.05, 4.69) is 32.9 Å². The number of rotatable bonds is 2. The molecule has 1 aliphatic rings. The van der Waals surface area contributed by atoms with Crippen molar-refractivity contribution in [1.82, 2.24) is 0 Å². The molecule has 1 rings (SSSR count). The molecule has 0 amide bonds. The second-order valence-electron chi connectivity index (χ2n) is 5.23. The summed E-state index contributed by atoms with van der Waals surface area (Å²) in [5.74, 6) is 0.598. The minimum absolute atomic E-state index is 0.0693. The molecular formula is C15H22O. The molecule has 0 saturated heterocycles. The fourth-order valence-corrected chi connectivity index (χ4v) is 2.15. The summed E-state index contributed by atoms with van der Waals surface area (Å²) in [4.78, 5) is 12.3. The van der Waals surface area contributed by atoms with E-state index >= 15 is 0 Å².